The molecule has 1 N–H and O–H groups in total. The highest BCUT2D eigenvalue weighted by Gasteiger charge is 2.56. The van der Waals surface area contributed by atoms with Gasteiger partial charge in [0.2, 0.25) is 5.91 Å². The highest BCUT2D eigenvalue weighted by Crippen LogP contribution is 2.42. The van der Waals surface area contributed by atoms with Gasteiger partial charge >= 0.3 is 6.03 Å². The Bertz CT molecular complexity index is 431. The number of hydrogen-bond acceptors (Lipinski definition) is 3. The van der Waals surface area contributed by atoms with Gasteiger partial charge in [0.1, 0.15) is 12.1 Å². The summed E-state index contributed by atoms with van der Waals surface area (Å²) in [5.74, 6) is -0.282. The van der Waals surface area contributed by atoms with Crippen LogP contribution in [0.3, 0.4) is 0 Å². The third-order valence-electron chi connectivity index (χ3n) is 4.16. The Balaban J connectivity index is 2.07. The van der Waals surface area contributed by atoms with Crippen molar-refractivity contribution in [3.8, 4) is 0 Å². The van der Waals surface area contributed by atoms with E-state index < -0.39 is 11.6 Å². The van der Waals surface area contributed by atoms with Crippen molar-refractivity contribution in [2.45, 2.75) is 45.2 Å². The Morgan fingerprint density at radius 2 is 2.05 bits per heavy atom. The van der Waals surface area contributed by atoms with Crippen LogP contribution in [-0.2, 0) is 9.59 Å². The monoisotopic (exact) mass is 267 g/mol. The summed E-state index contributed by atoms with van der Waals surface area (Å²) in [6.45, 7) is 5.35. The molecule has 0 aromatic carbocycles. The molecule has 0 bridgehead atoms. The van der Waals surface area contributed by atoms with E-state index in [4.69, 9.17) is 0 Å². The van der Waals surface area contributed by atoms with Crippen molar-refractivity contribution >= 4 is 17.8 Å². The molecule has 1 unspecified atom stereocenters. The van der Waals surface area contributed by atoms with Crippen LogP contribution in [0.25, 0.3) is 0 Å². The molecule has 1 heterocycles. The molecule has 6 nitrogen and oxygen atoms in total. The molecule has 1 aliphatic heterocycles. The molecular formula is C13H21N3O3. The van der Waals surface area contributed by atoms with E-state index in [-0.39, 0.29) is 30.3 Å². The first-order valence-electron chi connectivity index (χ1n) is 6.67. The fourth-order valence-corrected chi connectivity index (χ4v) is 2.33. The average Bonchev–Trinajstić information content (AvgIpc) is 3.14. The van der Waals surface area contributed by atoms with Crippen LogP contribution in [0, 0.1) is 5.92 Å². The largest absolute Gasteiger partial charge is 0.342 e. The number of hydrogen-bond donors (Lipinski definition) is 1. The Morgan fingerprint density at radius 1 is 1.47 bits per heavy atom. The second kappa shape index (κ2) is 4.51. The van der Waals surface area contributed by atoms with Crippen LogP contribution < -0.4 is 5.32 Å². The van der Waals surface area contributed by atoms with Gasteiger partial charge in [0.05, 0.1) is 0 Å². The number of likely N-dealkylation sites (N-methyl/N-ethyl adjacent to an activating group) is 1. The van der Waals surface area contributed by atoms with Gasteiger partial charge in [0.25, 0.3) is 5.91 Å². The summed E-state index contributed by atoms with van der Waals surface area (Å²) in [7, 11) is 1.67. The molecule has 19 heavy (non-hydrogen) atoms. The summed E-state index contributed by atoms with van der Waals surface area (Å²) >= 11 is 0. The Hall–Kier alpha value is -1.59. The van der Waals surface area contributed by atoms with E-state index in [2.05, 4.69) is 5.32 Å². The minimum Gasteiger partial charge on any atom is -0.342 e. The van der Waals surface area contributed by atoms with Crippen molar-refractivity contribution in [1.82, 2.24) is 15.1 Å². The van der Waals surface area contributed by atoms with E-state index in [0.717, 1.165) is 17.7 Å². The van der Waals surface area contributed by atoms with Gasteiger partial charge < -0.3 is 10.2 Å². The first-order valence-corrected chi connectivity index (χ1v) is 6.67. The smallest absolute Gasteiger partial charge is 0.325 e. The summed E-state index contributed by atoms with van der Waals surface area (Å²) in [4.78, 5) is 38.8. The first-order chi connectivity index (χ1) is 8.77. The molecule has 2 rings (SSSR count). The van der Waals surface area contributed by atoms with Crippen LogP contribution in [0.4, 0.5) is 4.79 Å². The normalized spacial score (nSPS) is 26.9. The van der Waals surface area contributed by atoms with Gasteiger partial charge in [0, 0.05) is 13.1 Å². The molecule has 0 radical (unpaired) electrons. The van der Waals surface area contributed by atoms with Crippen LogP contribution in [0.5, 0.6) is 0 Å². The van der Waals surface area contributed by atoms with E-state index in [1.165, 1.54) is 4.90 Å². The van der Waals surface area contributed by atoms with Crippen molar-refractivity contribution in [3.63, 3.8) is 0 Å². The summed E-state index contributed by atoms with van der Waals surface area (Å²) in [5.41, 5.74) is -0.812. The lowest BCUT2D eigenvalue weighted by Crippen LogP contribution is -2.47. The molecule has 106 valence electrons. The Labute approximate surface area is 113 Å². The Kier molecular flexibility index (Phi) is 3.28. The third kappa shape index (κ3) is 2.31. The highest BCUT2D eigenvalue weighted by molar-refractivity contribution is 6.09. The SMILES string of the molecule is CC(C)N(C)C(=O)CN1C(=O)NC(C)(C2CC2)C1=O. The molecular weight excluding hydrogens is 246 g/mol. The van der Waals surface area contributed by atoms with Crippen molar-refractivity contribution < 1.29 is 14.4 Å². The van der Waals surface area contributed by atoms with E-state index >= 15 is 0 Å². The number of amides is 4. The molecule has 2 aliphatic rings. The fourth-order valence-electron chi connectivity index (χ4n) is 2.33. The van der Waals surface area contributed by atoms with Crippen molar-refractivity contribution in [3.05, 3.63) is 0 Å². The second-order valence-electron chi connectivity index (χ2n) is 5.90. The van der Waals surface area contributed by atoms with Gasteiger partial charge in [-0.05, 0) is 39.5 Å². The standard InChI is InChI=1S/C13H21N3O3/c1-8(2)15(4)10(17)7-16-11(18)13(3,9-5-6-9)14-12(16)19/h8-9H,5-7H2,1-4H3,(H,14,19). The van der Waals surface area contributed by atoms with E-state index in [0.29, 0.717) is 0 Å². The van der Waals surface area contributed by atoms with Crippen molar-refractivity contribution in [1.29, 1.82) is 0 Å². The predicted octanol–water partition coefficient (Wildman–Crippen LogP) is 0.574. The minimum atomic E-state index is -0.812. The number of nitrogens with zero attached hydrogens (tertiary/aromatic N) is 2. The number of nitrogens with one attached hydrogen (secondary N) is 1. The number of imide groups is 1. The lowest BCUT2D eigenvalue weighted by Gasteiger charge is -2.24. The third-order valence-corrected chi connectivity index (χ3v) is 4.16. The molecule has 6 heteroatoms. The average molecular weight is 267 g/mol. The summed E-state index contributed by atoms with van der Waals surface area (Å²) in [5, 5.41) is 2.73. The van der Waals surface area contributed by atoms with Gasteiger partial charge in [-0.15, -0.1) is 0 Å². The van der Waals surface area contributed by atoms with Crippen LogP contribution >= 0.6 is 0 Å². The first kappa shape index (κ1) is 13.8. The lowest BCUT2D eigenvalue weighted by molar-refractivity contribution is -0.139. The Morgan fingerprint density at radius 3 is 2.53 bits per heavy atom. The van der Waals surface area contributed by atoms with Gasteiger partial charge in [-0.3, -0.25) is 14.5 Å². The maximum Gasteiger partial charge on any atom is 0.325 e. The maximum atomic E-state index is 12.3. The van der Waals surface area contributed by atoms with Gasteiger partial charge in [-0.2, -0.15) is 0 Å². The summed E-state index contributed by atoms with van der Waals surface area (Å²) < 4.78 is 0. The predicted molar refractivity (Wildman–Crippen MR) is 69.3 cm³/mol. The molecule has 1 saturated carbocycles. The number of carbonyl (C=O) groups is 3. The van der Waals surface area contributed by atoms with E-state index in [1.54, 1.807) is 14.0 Å². The molecule has 1 atom stereocenters. The lowest BCUT2D eigenvalue weighted by atomic mass is 9.96. The number of rotatable bonds is 4. The maximum absolute atomic E-state index is 12.3. The molecule has 2 fully saturated rings. The minimum absolute atomic E-state index is 0.0445. The van der Waals surface area contributed by atoms with Gasteiger partial charge in [0.15, 0.2) is 0 Å². The van der Waals surface area contributed by atoms with Crippen molar-refractivity contribution in [2.24, 2.45) is 5.92 Å². The molecule has 0 aromatic rings. The van der Waals surface area contributed by atoms with E-state index in [9.17, 15) is 14.4 Å². The zero-order valence-electron chi connectivity index (χ0n) is 11.9. The van der Waals surface area contributed by atoms with Gasteiger partial charge in [-0.25, -0.2) is 4.79 Å². The summed E-state index contributed by atoms with van der Waals surface area (Å²) in [6, 6.07) is -0.409. The van der Waals surface area contributed by atoms with Crippen LogP contribution in [0.1, 0.15) is 33.6 Å². The molecule has 4 amide bonds. The fraction of sp³-hybridized carbons (Fsp3) is 0.769. The van der Waals surface area contributed by atoms with Crippen LogP contribution in [0.2, 0.25) is 0 Å². The second-order valence-corrected chi connectivity index (χ2v) is 5.90. The van der Waals surface area contributed by atoms with Gasteiger partial charge in [-0.1, -0.05) is 0 Å². The topological polar surface area (TPSA) is 69.7 Å². The zero-order valence-corrected chi connectivity index (χ0v) is 11.9. The molecule has 0 aromatic heterocycles. The quantitative estimate of drug-likeness (QED) is 0.757. The highest BCUT2D eigenvalue weighted by atomic mass is 16.2. The summed E-state index contributed by atoms with van der Waals surface area (Å²) in [6.07, 6.45) is 1.91. The van der Waals surface area contributed by atoms with Crippen LogP contribution in [-0.4, -0.2) is 52.8 Å². The molecule has 0 spiro atoms. The van der Waals surface area contributed by atoms with Crippen LogP contribution in [0.15, 0.2) is 0 Å². The molecule has 1 aliphatic carbocycles. The van der Waals surface area contributed by atoms with Crippen molar-refractivity contribution in [2.75, 3.05) is 13.6 Å². The number of carbonyl (C=O) groups excluding carboxylic acids is 3. The molecule has 1 saturated heterocycles. The number of urea groups is 1. The zero-order chi connectivity index (χ0) is 14.4. The van der Waals surface area contributed by atoms with E-state index in [1.807, 2.05) is 13.8 Å².